The van der Waals surface area contributed by atoms with Crippen LogP contribution in [-0.4, -0.2) is 24.1 Å². The van der Waals surface area contributed by atoms with Crippen LogP contribution in [0.5, 0.6) is 0 Å². The lowest BCUT2D eigenvalue weighted by Gasteiger charge is -2.25. The summed E-state index contributed by atoms with van der Waals surface area (Å²) in [5.74, 6) is -0.184. The molecule has 2 aromatic carbocycles. The largest absolute Gasteiger partial charge is 0.324 e. The highest BCUT2D eigenvalue weighted by Gasteiger charge is 2.29. The summed E-state index contributed by atoms with van der Waals surface area (Å²) < 4.78 is 0. The zero-order valence-electron chi connectivity index (χ0n) is 12.2. The van der Waals surface area contributed by atoms with Gasteiger partial charge in [0.05, 0.1) is 10.9 Å². The molecule has 2 aromatic rings. The third kappa shape index (κ3) is 2.99. The number of nitrogens with zero attached hydrogens (tertiary/aromatic N) is 1. The van der Waals surface area contributed by atoms with E-state index in [4.69, 9.17) is 0 Å². The number of rotatable bonds is 3. The molecular weight excluding hydrogens is 296 g/mol. The van der Waals surface area contributed by atoms with E-state index in [1.165, 1.54) is 11.8 Å². The first-order valence-electron chi connectivity index (χ1n) is 7.03. The average Bonchev–Trinajstić information content (AvgIpc) is 2.55. The molecule has 22 heavy (non-hydrogen) atoms. The fraction of sp³-hybridized carbons (Fsp3) is 0.176. The van der Waals surface area contributed by atoms with Crippen LogP contribution in [0.2, 0.25) is 0 Å². The number of nitrogens with one attached hydrogen (secondary N) is 1. The molecule has 112 valence electrons. The molecule has 1 aliphatic rings. The third-order valence-electron chi connectivity index (χ3n) is 3.58. The molecule has 4 nitrogen and oxygen atoms in total. The van der Waals surface area contributed by atoms with E-state index in [0.717, 1.165) is 16.3 Å². The molecule has 5 heteroatoms. The van der Waals surface area contributed by atoms with Crippen LogP contribution < -0.4 is 10.2 Å². The summed E-state index contributed by atoms with van der Waals surface area (Å²) in [7, 11) is 1.73. The van der Waals surface area contributed by atoms with Gasteiger partial charge in [-0.15, -0.1) is 11.8 Å². The van der Waals surface area contributed by atoms with Crippen molar-refractivity contribution in [2.24, 2.45) is 0 Å². The third-order valence-corrected chi connectivity index (χ3v) is 4.86. The number of thioether (sulfide) groups is 1. The molecule has 0 fully saturated rings. The van der Waals surface area contributed by atoms with Crippen LogP contribution in [0.4, 0.5) is 11.4 Å². The van der Waals surface area contributed by atoms with Crippen molar-refractivity contribution in [3.8, 4) is 0 Å². The van der Waals surface area contributed by atoms with Gasteiger partial charge in [-0.1, -0.05) is 30.3 Å². The summed E-state index contributed by atoms with van der Waals surface area (Å²) in [6, 6.07) is 17.1. The molecule has 1 N–H and O–H groups in total. The lowest BCUT2D eigenvalue weighted by Crippen LogP contribution is -2.35. The highest BCUT2D eigenvalue weighted by molar-refractivity contribution is 8.01. The second-order valence-corrected chi connectivity index (χ2v) is 6.33. The van der Waals surface area contributed by atoms with Crippen molar-refractivity contribution in [3.63, 3.8) is 0 Å². The van der Waals surface area contributed by atoms with Crippen molar-refractivity contribution in [2.45, 2.75) is 16.6 Å². The zero-order chi connectivity index (χ0) is 15.5. The van der Waals surface area contributed by atoms with E-state index in [-0.39, 0.29) is 18.2 Å². The molecule has 1 aliphatic heterocycles. The van der Waals surface area contributed by atoms with Gasteiger partial charge in [-0.25, -0.2) is 0 Å². The molecule has 0 aliphatic carbocycles. The minimum Gasteiger partial charge on any atom is -0.324 e. The Kier molecular flexibility index (Phi) is 4.15. The Bertz CT molecular complexity index is 703. The molecule has 0 saturated carbocycles. The number of anilines is 2. The molecule has 0 unspecified atom stereocenters. The summed E-state index contributed by atoms with van der Waals surface area (Å²) in [4.78, 5) is 27.1. The van der Waals surface area contributed by atoms with Crippen LogP contribution in [-0.2, 0) is 9.59 Å². The van der Waals surface area contributed by atoms with Gasteiger partial charge in [0.15, 0.2) is 0 Å². The van der Waals surface area contributed by atoms with Crippen molar-refractivity contribution in [1.82, 2.24) is 0 Å². The molecule has 1 heterocycles. The number of fused-ring (bicyclic) bond motifs is 1. The predicted octanol–water partition coefficient (Wildman–Crippen LogP) is 3.15. The summed E-state index contributed by atoms with van der Waals surface area (Å²) in [5, 5.41) is 2.47. The van der Waals surface area contributed by atoms with Gasteiger partial charge in [-0.05, 0) is 24.3 Å². The van der Waals surface area contributed by atoms with Crippen molar-refractivity contribution in [3.05, 3.63) is 54.6 Å². The number of amides is 2. The summed E-state index contributed by atoms with van der Waals surface area (Å²) in [6.45, 7) is 0. The van der Waals surface area contributed by atoms with Gasteiger partial charge in [0.25, 0.3) is 0 Å². The molecule has 1 atom stereocenters. The Balaban J connectivity index is 1.71. The minimum absolute atomic E-state index is 0.0711. The number of carbonyl (C=O) groups excluding carboxylic acids is 2. The van der Waals surface area contributed by atoms with E-state index in [1.54, 1.807) is 11.9 Å². The molecular formula is C17H16N2O2S. The fourth-order valence-corrected chi connectivity index (χ4v) is 3.42. The lowest BCUT2D eigenvalue weighted by atomic mass is 10.2. The first-order valence-corrected chi connectivity index (χ1v) is 7.91. The normalized spacial score (nSPS) is 16.6. The van der Waals surface area contributed by atoms with Crippen molar-refractivity contribution < 1.29 is 9.59 Å². The van der Waals surface area contributed by atoms with Crippen molar-refractivity contribution >= 4 is 35.0 Å². The Hall–Kier alpha value is -2.27. The van der Waals surface area contributed by atoms with E-state index in [0.29, 0.717) is 0 Å². The summed E-state index contributed by atoms with van der Waals surface area (Å²) >= 11 is 1.45. The molecule has 2 amide bonds. The summed E-state index contributed by atoms with van der Waals surface area (Å²) in [6.07, 6.45) is 0.177. The second-order valence-electron chi connectivity index (χ2n) is 5.08. The van der Waals surface area contributed by atoms with Gasteiger partial charge >= 0.3 is 0 Å². The second kappa shape index (κ2) is 6.23. The Morgan fingerprint density at radius 3 is 2.59 bits per heavy atom. The number of benzene rings is 2. The predicted molar refractivity (Wildman–Crippen MR) is 89.2 cm³/mol. The Labute approximate surface area is 133 Å². The average molecular weight is 312 g/mol. The minimum atomic E-state index is -0.395. The zero-order valence-corrected chi connectivity index (χ0v) is 13.0. The topological polar surface area (TPSA) is 49.4 Å². The van der Waals surface area contributed by atoms with Gasteiger partial charge in [0.2, 0.25) is 11.8 Å². The summed E-state index contributed by atoms with van der Waals surface area (Å²) in [5.41, 5.74) is 1.65. The number of para-hydroxylation sites is 2. The molecule has 0 radical (unpaired) electrons. The molecule has 0 bridgehead atoms. The van der Waals surface area contributed by atoms with Crippen LogP contribution in [0.15, 0.2) is 59.5 Å². The van der Waals surface area contributed by atoms with E-state index in [9.17, 15) is 9.59 Å². The quantitative estimate of drug-likeness (QED) is 0.947. The van der Waals surface area contributed by atoms with E-state index < -0.39 is 5.25 Å². The van der Waals surface area contributed by atoms with Crippen LogP contribution in [0.3, 0.4) is 0 Å². The smallest absolute Gasteiger partial charge is 0.238 e. The number of hydrogen-bond acceptors (Lipinski definition) is 3. The maximum absolute atomic E-state index is 12.4. The van der Waals surface area contributed by atoms with Crippen LogP contribution in [0, 0.1) is 0 Å². The molecule has 3 rings (SSSR count). The first-order chi connectivity index (χ1) is 10.6. The van der Waals surface area contributed by atoms with Gasteiger partial charge in [0, 0.05) is 24.1 Å². The van der Waals surface area contributed by atoms with Gasteiger partial charge in [0.1, 0.15) is 0 Å². The molecule has 0 saturated heterocycles. The highest BCUT2D eigenvalue weighted by atomic mass is 32.2. The molecule has 0 aromatic heterocycles. The van der Waals surface area contributed by atoms with Gasteiger partial charge in [-0.2, -0.15) is 0 Å². The number of hydrogen-bond donors (Lipinski definition) is 1. The monoisotopic (exact) mass is 312 g/mol. The fourth-order valence-electron chi connectivity index (χ4n) is 2.32. The maximum atomic E-state index is 12.4. The number of carbonyl (C=O) groups is 2. The van der Waals surface area contributed by atoms with E-state index >= 15 is 0 Å². The van der Waals surface area contributed by atoms with Crippen LogP contribution in [0.25, 0.3) is 0 Å². The Morgan fingerprint density at radius 1 is 1.14 bits per heavy atom. The first kappa shape index (κ1) is 14.7. The molecule has 0 spiro atoms. The standard InChI is InChI=1S/C17H16N2O2S/c1-19(12-7-3-2-4-8-12)16(20)11-15-17(21)18-13-9-5-6-10-14(13)22-15/h2-10,15H,11H2,1H3,(H,18,21)/t15-/m0/s1. The van der Waals surface area contributed by atoms with Crippen LogP contribution in [0.1, 0.15) is 6.42 Å². The Morgan fingerprint density at radius 2 is 1.82 bits per heavy atom. The van der Waals surface area contributed by atoms with Crippen molar-refractivity contribution in [2.75, 3.05) is 17.3 Å². The van der Waals surface area contributed by atoms with E-state index in [2.05, 4.69) is 5.32 Å². The SMILES string of the molecule is CN(C(=O)C[C@@H]1Sc2ccccc2NC1=O)c1ccccc1. The maximum Gasteiger partial charge on any atom is 0.238 e. The highest BCUT2D eigenvalue weighted by Crippen LogP contribution is 2.36. The van der Waals surface area contributed by atoms with E-state index in [1.807, 2.05) is 54.6 Å². The van der Waals surface area contributed by atoms with Gasteiger partial charge < -0.3 is 10.2 Å². The lowest BCUT2D eigenvalue weighted by molar-refractivity contribution is -0.122. The van der Waals surface area contributed by atoms with Crippen LogP contribution >= 0.6 is 11.8 Å². The van der Waals surface area contributed by atoms with Gasteiger partial charge in [-0.3, -0.25) is 9.59 Å². The van der Waals surface area contributed by atoms with Crippen molar-refractivity contribution in [1.29, 1.82) is 0 Å².